The van der Waals surface area contributed by atoms with Crippen molar-refractivity contribution in [2.24, 2.45) is 0 Å². The van der Waals surface area contributed by atoms with Crippen LogP contribution in [0.25, 0.3) is 12.3 Å². The zero-order chi connectivity index (χ0) is 15.1. The third-order valence-electron chi connectivity index (χ3n) is 4.08. The van der Waals surface area contributed by atoms with Crippen molar-refractivity contribution in [1.82, 2.24) is 9.78 Å². The molecular weight excluding hydrogens is 244 g/mol. The smallest absolute Gasteiger partial charge is 0.0700 e. The zero-order valence-corrected chi connectivity index (χ0v) is 13.8. The maximum Gasteiger partial charge on any atom is 0.0700 e. The minimum Gasteiger partial charge on any atom is -0.241 e. The molecule has 1 atom stereocenters. The van der Waals surface area contributed by atoms with Crippen LogP contribution in [-0.2, 0) is 0 Å². The Morgan fingerprint density at radius 1 is 1.25 bits per heavy atom. The highest BCUT2D eigenvalue weighted by Crippen LogP contribution is 2.35. The Labute approximate surface area is 124 Å². The van der Waals surface area contributed by atoms with Gasteiger partial charge in [0, 0.05) is 17.7 Å². The first-order chi connectivity index (χ1) is 9.64. The molecule has 1 rings (SSSR count). The van der Waals surface area contributed by atoms with Gasteiger partial charge in [-0.15, -0.1) is 0 Å². The molecule has 0 aliphatic heterocycles. The minimum absolute atomic E-state index is 0.544. The third kappa shape index (κ3) is 3.41. The molecule has 0 amide bonds. The van der Waals surface area contributed by atoms with Gasteiger partial charge in [0.1, 0.15) is 0 Å². The molecule has 0 saturated carbocycles. The SMILES string of the molecule is C=Cc1c(C(C)CCC)c(C(CC)CC)nn1/C=C\C. The Balaban J connectivity index is 3.43. The van der Waals surface area contributed by atoms with Gasteiger partial charge >= 0.3 is 0 Å². The molecular formula is C18H30N2. The summed E-state index contributed by atoms with van der Waals surface area (Å²) in [6, 6.07) is 0. The average molecular weight is 274 g/mol. The normalized spacial score (nSPS) is 13.3. The minimum atomic E-state index is 0.544. The summed E-state index contributed by atoms with van der Waals surface area (Å²) in [7, 11) is 0. The van der Waals surface area contributed by atoms with Gasteiger partial charge in [-0.3, -0.25) is 0 Å². The molecule has 0 bridgehead atoms. The molecule has 1 aromatic rings. The Hall–Kier alpha value is -1.31. The van der Waals surface area contributed by atoms with Crippen molar-refractivity contribution >= 4 is 12.3 Å². The molecule has 0 spiro atoms. The van der Waals surface area contributed by atoms with Crippen LogP contribution in [0.2, 0.25) is 0 Å². The topological polar surface area (TPSA) is 17.8 Å². The van der Waals surface area contributed by atoms with E-state index in [4.69, 9.17) is 5.10 Å². The van der Waals surface area contributed by atoms with Gasteiger partial charge in [-0.25, -0.2) is 4.68 Å². The molecule has 112 valence electrons. The number of allylic oxidation sites excluding steroid dienone is 1. The van der Waals surface area contributed by atoms with Crippen LogP contribution < -0.4 is 0 Å². The lowest BCUT2D eigenvalue weighted by molar-refractivity contribution is 0.591. The average Bonchev–Trinajstić information content (AvgIpc) is 2.79. The number of hydrogen-bond acceptors (Lipinski definition) is 1. The van der Waals surface area contributed by atoms with Crippen LogP contribution in [0.3, 0.4) is 0 Å². The van der Waals surface area contributed by atoms with Crippen LogP contribution in [0.15, 0.2) is 12.7 Å². The van der Waals surface area contributed by atoms with Gasteiger partial charge in [0.15, 0.2) is 0 Å². The Bertz CT molecular complexity index is 450. The predicted molar refractivity (Wildman–Crippen MR) is 90.0 cm³/mol. The molecule has 0 fully saturated rings. The monoisotopic (exact) mass is 274 g/mol. The van der Waals surface area contributed by atoms with E-state index in [9.17, 15) is 0 Å². The van der Waals surface area contributed by atoms with E-state index in [-0.39, 0.29) is 0 Å². The van der Waals surface area contributed by atoms with E-state index < -0.39 is 0 Å². The van der Waals surface area contributed by atoms with E-state index in [0.717, 1.165) is 12.8 Å². The fourth-order valence-corrected chi connectivity index (χ4v) is 3.00. The maximum atomic E-state index is 4.87. The van der Waals surface area contributed by atoms with Crippen molar-refractivity contribution in [2.45, 2.75) is 72.1 Å². The second-order valence-electron chi connectivity index (χ2n) is 5.52. The van der Waals surface area contributed by atoms with Gasteiger partial charge < -0.3 is 0 Å². The molecule has 2 nitrogen and oxygen atoms in total. The lowest BCUT2D eigenvalue weighted by atomic mass is 9.87. The highest BCUT2D eigenvalue weighted by atomic mass is 15.3. The fourth-order valence-electron chi connectivity index (χ4n) is 3.00. The van der Waals surface area contributed by atoms with E-state index in [1.165, 1.54) is 29.8 Å². The summed E-state index contributed by atoms with van der Waals surface area (Å²) in [6.45, 7) is 15.1. The second-order valence-corrected chi connectivity index (χ2v) is 5.52. The number of nitrogens with zero attached hydrogens (tertiary/aromatic N) is 2. The van der Waals surface area contributed by atoms with E-state index in [2.05, 4.69) is 34.3 Å². The van der Waals surface area contributed by atoms with Gasteiger partial charge in [-0.2, -0.15) is 5.10 Å². The first-order valence-electron chi connectivity index (χ1n) is 8.01. The quantitative estimate of drug-likeness (QED) is 0.583. The molecule has 0 aromatic carbocycles. The first-order valence-corrected chi connectivity index (χ1v) is 8.01. The predicted octanol–water partition coefficient (Wildman–Crippen LogP) is 5.82. The molecule has 0 aliphatic rings. The standard InChI is InChI=1S/C18H30N2/c1-7-12-14(6)17-16(11-5)20(13-8-2)19-18(17)15(9-3)10-4/h8,11,13-15H,5,7,9-10,12H2,1-4,6H3/b13-8-. The highest BCUT2D eigenvalue weighted by Gasteiger charge is 2.24. The largest absolute Gasteiger partial charge is 0.241 e. The molecule has 2 heteroatoms. The molecule has 1 heterocycles. The van der Waals surface area contributed by atoms with Crippen molar-refractivity contribution in [2.75, 3.05) is 0 Å². The summed E-state index contributed by atoms with van der Waals surface area (Å²) in [5.74, 6) is 1.09. The maximum absolute atomic E-state index is 4.87. The summed E-state index contributed by atoms with van der Waals surface area (Å²) in [5, 5.41) is 4.87. The van der Waals surface area contributed by atoms with Gasteiger partial charge in [0.05, 0.1) is 11.4 Å². The summed E-state index contributed by atoms with van der Waals surface area (Å²) in [5.41, 5.74) is 3.86. The molecule has 0 saturated heterocycles. The van der Waals surface area contributed by atoms with Crippen LogP contribution >= 0.6 is 0 Å². The molecule has 1 aromatic heterocycles. The molecule has 0 N–H and O–H groups in total. The lowest BCUT2D eigenvalue weighted by Crippen LogP contribution is -2.04. The first kappa shape index (κ1) is 16.7. The van der Waals surface area contributed by atoms with Gasteiger partial charge in [-0.1, -0.05) is 46.8 Å². The highest BCUT2D eigenvalue weighted by molar-refractivity contribution is 5.54. The van der Waals surface area contributed by atoms with Gasteiger partial charge in [0.2, 0.25) is 0 Å². The van der Waals surface area contributed by atoms with Crippen molar-refractivity contribution in [1.29, 1.82) is 0 Å². The van der Waals surface area contributed by atoms with Crippen LogP contribution in [0.4, 0.5) is 0 Å². The van der Waals surface area contributed by atoms with E-state index in [0.29, 0.717) is 11.8 Å². The number of hydrogen-bond donors (Lipinski definition) is 0. The molecule has 1 unspecified atom stereocenters. The fraction of sp³-hybridized carbons (Fsp3) is 0.611. The number of rotatable bonds is 8. The van der Waals surface area contributed by atoms with Crippen LogP contribution in [0, 0.1) is 0 Å². The molecule has 0 aliphatic carbocycles. The summed E-state index contributed by atoms with van der Waals surface area (Å²) < 4.78 is 2.00. The van der Waals surface area contributed by atoms with Crippen molar-refractivity contribution < 1.29 is 0 Å². The van der Waals surface area contributed by atoms with Crippen molar-refractivity contribution in [3.63, 3.8) is 0 Å². The van der Waals surface area contributed by atoms with Crippen LogP contribution in [0.1, 0.15) is 89.1 Å². The Morgan fingerprint density at radius 2 is 1.90 bits per heavy atom. The lowest BCUT2D eigenvalue weighted by Gasteiger charge is -2.16. The molecule has 0 radical (unpaired) electrons. The van der Waals surface area contributed by atoms with E-state index in [1.807, 2.05) is 30.0 Å². The van der Waals surface area contributed by atoms with E-state index in [1.54, 1.807) is 0 Å². The van der Waals surface area contributed by atoms with Gasteiger partial charge in [0.25, 0.3) is 0 Å². The summed E-state index contributed by atoms with van der Waals surface area (Å²) >= 11 is 0. The number of aromatic nitrogens is 2. The molecule has 20 heavy (non-hydrogen) atoms. The zero-order valence-electron chi connectivity index (χ0n) is 13.8. The summed E-state index contributed by atoms with van der Waals surface area (Å²) in [6.07, 6.45) is 10.7. The Morgan fingerprint density at radius 3 is 2.35 bits per heavy atom. The van der Waals surface area contributed by atoms with Crippen molar-refractivity contribution in [3.05, 3.63) is 29.6 Å². The summed E-state index contributed by atoms with van der Waals surface area (Å²) in [4.78, 5) is 0. The van der Waals surface area contributed by atoms with E-state index >= 15 is 0 Å². The third-order valence-corrected chi connectivity index (χ3v) is 4.08. The van der Waals surface area contributed by atoms with Crippen LogP contribution in [-0.4, -0.2) is 9.78 Å². The Kier molecular flexibility index (Phi) is 6.77. The van der Waals surface area contributed by atoms with Gasteiger partial charge in [-0.05, 0) is 38.2 Å². The van der Waals surface area contributed by atoms with Crippen LogP contribution in [0.5, 0.6) is 0 Å². The van der Waals surface area contributed by atoms with Crippen molar-refractivity contribution in [3.8, 4) is 0 Å². The second kappa shape index (κ2) is 8.08.